The first-order valence-corrected chi connectivity index (χ1v) is 10.4. The Morgan fingerprint density at radius 3 is 2.69 bits per heavy atom. The van der Waals surface area contributed by atoms with Crippen molar-refractivity contribution in [2.45, 2.75) is 40.2 Å². The first-order valence-electron chi connectivity index (χ1n) is 9.57. The Morgan fingerprint density at radius 2 is 2.00 bits per heavy atom. The summed E-state index contributed by atoms with van der Waals surface area (Å²) in [5.74, 6) is 1.06. The van der Waals surface area contributed by atoms with E-state index in [1.807, 2.05) is 57.2 Å². The number of nitrogens with zero attached hydrogens (tertiary/aromatic N) is 1. The standard InChI is InChI=1S/C22H23N3O3S/c1-13-7-8-18(29-13)19(26)24-16-6-4-5-15(11-16)20-25-17(14(2)28-20)12-23-21(27)22(3)9-10-22/h4-8,11H,9-10,12H2,1-3H3,(H,23,27)(H,24,26). The van der Waals surface area contributed by atoms with Crippen molar-refractivity contribution in [1.29, 1.82) is 0 Å². The average molecular weight is 410 g/mol. The highest BCUT2D eigenvalue weighted by molar-refractivity contribution is 7.14. The van der Waals surface area contributed by atoms with Crippen molar-refractivity contribution in [2.24, 2.45) is 5.41 Å². The molecule has 1 aliphatic carbocycles. The Kier molecular flexibility index (Phi) is 5.00. The molecule has 0 unspecified atom stereocenters. The number of anilines is 1. The quantitative estimate of drug-likeness (QED) is 0.619. The molecular weight excluding hydrogens is 386 g/mol. The number of rotatable bonds is 6. The zero-order valence-corrected chi connectivity index (χ0v) is 17.5. The fourth-order valence-electron chi connectivity index (χ4n) is 2.99. The lowest BCUT2D eigenvalue weighted by Crippen LogP contribution is -2.30. The number of aryl methyl sites for hydroxylation is 2. The summed E-state index contributed by atoms with van der Waals surface area (Å²) in [6.07, 6.45) is 1.87. The van der Waals surface area contributed by atoms with Gasteiger partial charge in [0.15, 0.2) is 0 Å². The molecule has 3 aromatic rings. The summed E-state index contributed by atoms with van der Waals surface area (Å²) in [4.78, 5) is 30.8. The van der Waals surface area contributed by atoms with Crippen molar-refractivity contribution in [1.82, 2.24) is 10.3 Å². The number of thiophene rings is 1. The minimum Gasteiger partial charge on any atom is -0.441 e. The van der Waals surface area contributed by atoms with Gasteiger partial charge in [-0.25, -0.2) is 4.98 Å². The highest BCUT2D eigenvalue weighted by Crippen LogP contribution is 2.45. The number of hydrogen-bond acceptors (Lipinski definition) is 5. The summed E-state index contributed by atoms with van der Waals surface area (Å²) in [7, 11) is 0. The molecule has 150 valence electrons. The van der Waals surface area contributed by atoms with Gasteiger partial charge in [0.25, 0.3) is 5.91 Å². The zero-order valence-electron chi connectivity index (χ0n) is 16.7. The number of nitrogens with one attached hydrogen (secondary N) is 2. The fourth-order valence-corrected chi connectivity index (χ4v) is 3.75. The van der Waals surface area contributed by atoms with Gasteiger partial charge in [0.1, 0.15) is 11.5 Å². The van der Waals surface area contributed by atoms with E-state index in [2.05, 4.69) is 15.6 Å². The van der Waals surface area contributed by atoms with Gasteiger partial charge in [0.2, 0.25) is 11.8 Å². The Hall–Kier alpha value is -2.93. The van der Waals surface area contributed by atoms with Gasteiger partial charge in [-0.3, -0.25) is 9.59 Å². The van der Waals surface area contributed by atoms with E-state index in [9.17, 15) is 9.59 Å². The smallest absolute Gasteiger partial charge is 0.265 e. The number of amides is 2. The van der Waals surface area contributed by atoms with Gasteiger partial charge in [0.05, 0.1) is 11.4 Å². The second kappa shape index (κ2) is 7.48. The van der Waals surface area contributed by atoms with Crippen LogP contribution in [0.1, 0.15) is 45.8 Å². The van der Waals surface area contributed by atoms with Crippen molar-refractivity contribution in [2.75, 3.05) is 5.32 Å². The van der Waals surface area contributed by atoms with Crippen molar-refractivity contribution in [3.63, 3.8) is 0 Å². The Labute approximate surface area is 173 Å². The molecule has 0 aliphatic heterocycles. The molecule has 29 heavy (non-hydrogen) atoms. The molecule has 2 amide bonds. The van der Waals surface area contributed by atoms with Crippen LogP contribution in [0.15, 0.2) is 40.8 Å². The van der Waals surface area contributed by atoms with Crippen molar-refractivity contribution in [3.8, 4) is 11.5 Å². The largest absolute Gasteiger partial charge is 0.441 e. The van der Waals surface area contributed by atoms with Gasteiger partial charge in [0, 0.05) is 21.5 Å². The highest BCUT2D eigenvalue weighted by Gasteiger charge is 2.44. The molecule has 0 saturated heterocycles. The molecule has 0 spiro atoms. The van der Waals surface area contributed by atoms with E-state index < -0.39 is 0 Å². The van der Waals surface area contributed by atoms with Crippen LogP contribution in [0, 0.1) is 19.3 Å². The lowest BCUT2D eigenvalue weighted by molar-refractivity contribution is -0.125. The third kappa shape index (κ3) is 4.24. The third-order valence-electron chi connectivity index (χ3n) is 5.19. The van der Waals surface area contributed by atoms with Gasteiger partial charge in [-0.1, -0.05) is 13.0 Å². The number of oxazole rings is 1. The molecule has 0 bridgehead atoms. The molecule has 1 aromatic carbocycles. The maximum absolute atomic E-state index is 12.4. The summed E-state index contributed by atoms with van der Waals surface area (Å²) in [6.45, 7) is 6.12. The van der Waals surface area contributed by atoms with Crippen molar-refractivity contribution in [3.05, 3.63) is 57.6 Å². The number of benzene rings is 1. The molecule has 7 heteroatoms. The predicted molar refractivity (Wildman–Crippen MR) is 113 cm³/mol. The van der Waals surface area contributed by atoms with Gasteiger partial charge in [-0.2, -0.15) is 0 Å². The lowest BCUT2D eigenvalue weighted by atomic mass is 10.1. The summed E-state index contributed by atoms with van der Waals surface area (Å²) in [5, 5.41) is 5.86. The van der Waals surface area contributed by atoms with Gasteiger partial charge in [-0.15, -0.1) is 11.3 Å². The van der Waals surface area contributed by atoms with E-state index >= 15 is 0 Å². The normalized spacial score (nSPS) is 14.4. The number of aromatic nitrogens is 1. The van der Waals surface area contributed by atoms with Crippen LogP contribution in [-0.2, 0) is 11.3 Å². The van der Waals surface area contributed by atoms with Crippen LogP contribution in [-0.4, -0.2) is 16.8 Å². The van der Waals surface area contributed by atoms with Crippen molar-refractivity contribution < 1.29 is 14.0 Å². The minimum absolute atomic E-state index is 0.0648. The molecule has 4 rings (SSSR count). The maximum atomic E-state index is 12.4. The first kappa shape index (κ1) is 19.4. The van der Waals surface area contributed by atoms with E-state index in [0.29, 0.717) is 34.5 Å². The molecule has 1 fully saturated rings. The lowest BCUT2D eigenvalue weighted by Gasteiger charge is -2.08. The van der Waals surface area contributed by atoms with E-state index in [1.165, 1.54) is 11.3 Å². The summed E-state index contributed by atoms with van der Waals surface area (Å²) in [5.41, 5.74) is 1.93. The van der Waals surface area contributed by atoms with Gasteiger partial charge in [-0.05, 0) is 57.0 Å². The van der Waals surface area contributed by atoms with E-state index in [4.69, 9.17) is 4.42 Å². The molecule has 2 aromatic heterocycles. The van der Waals surface area contributed by atoms with Crippen LogP contribution in [0.3, 0.4) is 0 Å². The van der Waals surface area contributed by atoms with Crippen LogP contribution in [0.25, 0.3) is 11.5 Å². The summed E-state index contributed by atoms with van der Waals surface area (Å²) >= 11 is 1.46. The molecule has 1 saturated carbocycles. The number of hydrogen-bond donors (Lipinski definition) is 2. The average Bonchev–Trinajstić information content (AvgIpc) is 3.12. The van der Waals surface area contributed by atoms with Crippen molar-refractivity contribution >= 4 is 28.8 Å². The topological polar surface area (TPSA) is 84.2 Å². The van der Waals surface area contributed by atoms with Crippen LogP contribution in [0.2, 0.25) is 0 Å². The Morgan fingerprint density at radius 1 is 1.21 bits per heavy atom. The van der Waals surface area contributed by atoms with Crippen LogP contribution in [0.4, 0.5) is 5.69 Å². The maximum Gasteiger partial charge on any atom is 0.265 e. The van der Waals surface area contributed by atoms with E-state index in [0.717, 1.165) is 23.3 Å². The summed E-state index contributed by atoms with van der Waals surface area (Å²) < 4.78 is 5.81. The van der Waals surface area contributed by atoms with E-state index in [-0.39, 0.29) is 17.2 Å². The van der Waals surface area contributed by atoms with Gasteiger partial charge < -0.3 is 15.1 Å². The Balaban J connectivity index is 1.46. The van der Waals surface area contributed by atoms with Crippen LogP contribution >= 0.6 is 11.3 Å². The molecule has 6 nitrogen and oxygen atoms in total. The molecular formula is C22H23N3O3S. The van der Waals surface area contributed by atoms with Gasteiger partial charge >= 0.3 is 0 Å². The summed E-state index contributed by atoms with van der Waals surface area (Å²) in [6, 6.07) is 11.1. The minimum atomic E-state index is -0.214. The monoisotopic (exact) mass is 409 g/mol. The van der Waals surface area contributed by atoms with Crippen LogP contribution in [0.5, 0.6) is 0 Å². The molecule has 2 N–H and O–H groups in total. The van der Waals surface area contributed by atoms with Crippen LogP contribution < -0.4 is 10.6 Å². The predicted octanol–water partition coefficient (Wildman–Crippen LogP) is 4.69. The first-order chi connectivity index (χ1) is 13.8. The fraction of sp³-hybridized carbons (Fsp3) is 0.318. The molecule has 0 radical (unpaired) electrons. The number of carbonyl (C=O) groups is 2. The molecule has 1 aliphatic rings. The van der Waals surface area contributed by atoms with E-state index in [1.54, 1.807) is 0 Å². The molecule has 0 atom stereocenters. The second-order valence-electron chi connectivity index (χ2n) is 7.71. The zero-order chi connectivity index (χ0) is 20.6. The highest BCUT2D eigenvalue weighted by atomic mass is 32.1. The Bertz CT molecular complexity index is 1080. The second-order valence-corrected chi connectivity index (χ2v) is 9.00. The SMILES string of the molecule is Cc1ccc(C(=O)Nc2cccc(-c3nc(CNC(=O)C4(C)CC4)c(C)o3)c2)s1. The molecule has 2 heterocycles. The number of carbonyl (C=O) groups excluding carboxylic acids is 2. The third-order valence-corrected chi connectivity index (χ3v) is 6.19.